The summed E-state index contributed by atoms with van der Waals surface area (Å²) in [7, 11) is 0. The molecule has 1 aliphatic carbocycles. The van der Waals surface area contributed by atoms with Crippen LogP contribution in [0.1, 0.15) is 43.4 Å². The number of thioether (sulfide) groups is 1. The number of rotatable bonds is 7. The van der Waals surface area contributed by atoms with Gasteiger partial charge in [-0.15, -0.1) is 11.8 Å². The number of anilines is 1. The zero-order valence-corrected chi connectivity index (χ0v) is 21.2. The fourth-order valence-corrected chi connectivity index (χ4v) is 6.11. The minimum atomic E-state index is -4.89. The monoisotopic (exact) mass is 530 g/mol. The van der Waals surface area contributed by atoms with Gasteiger partial charge in [0.05, 0.1) is 21.8 Å². The molecular formula is C25H27ClF4N2O2S. The third-order valence-corrected chi connectivity index (χ3v) is 8.17. The summed E-state index contributed by atoms with van der Waals surface area (Å²) in [4.78, 5) is 17.5. The maximum Gasteiger partial charge on any atom is 0.416 e. The predicted octanol–water partition coefficient (Wildman–Crippen LogP) is 5.92. The fraction of sp³-hybridized carbons (Fsp3) is 0.480. The lowest BCUT2D eigenvalue weighted by Gasteiger charge is -2.43. The van der Waals surface area contributed by atoms with E-state index in [1.807, 2.05) is 0 Å². The van der Waals surface area contributed by atoms with E-state index in [1.165, 1.54) is 23.1 Å². The van der Waals surface area contributed by atoms with E-state index in [0.717, 1.165) is 49.8 Å². The molecule has 0 aromatic heterocycles. The van der Waals surface area contributed by atoms with Crippen molar-refractivity contribution >= 4 is 35.0 Å². The van der Waals surface area contributed by atoms with E-state index in [0.29, 0.717) is 6.04 Å². The summed E-state index contributed by atoms with van der Waals surface area (Å²) in [6.07, 6.45) is -1.69. The van der Waals surface area contributed by atoms with E-state index in [1.54, 1.807) is 6.26 Å². The molecule has 1 unspecified atom stereocenters. The van der Waals surface area contributed by atoms with Crippen LogP contribution in [0.4, 0.5) is 23.2 Å². The maximum absolute atomic E-state index is 15.0. The van der Waals surface area contributed by atoms with Gasteiger partial charge in [0.25, 0.3) is 5.91 Å². The van der Waals surface area contributed by atoms with Crippen LogP contribution in [0.25, 0.3) is 0 Å². The molecule has 1 saturated carbocycles. The lowest BCUT2D eigenvalue weighted by molar-refractivity contribution is -0.142. The second-order valence-corrected chi connectivity index (χ2v) is 10.3. The molecule has 2 aromatic carbocycles. The van der Waals surface area contributed by atoms with Crippen molar-refractivity contribution in [1.29, 1.82) is 0 Å². The number of alkyl halides is 3. The molecule has 0 spiro atoms. The van der Waals surface area contributed by atoms with Gasteiger partial charge in [-0.2, -0.15) is 13.2 Å². The maximum atomic E-state index is 15.0. The van der Waals surface area contributed by atoms with Crippen LogP contribution in [0.5, 0.6) is 0 Å². The van der Waals surface area contributed by atoms with Crippen molar-refractivity contribution in [3.05, 3.63) is 57.9 Å². The van der Waals surface area contributed by atoms with E-state index in [4.69, 9.17) is 11.6 Å². The Hall–Kier alpha value is -1.81. The fourth-order valence-electron chi connectivity index (χ4n) is 5.35. The lowest BCUT2D eigenvalue weighted by atomic mass is 9.78. The third kappa shape index (κ3) is 4.34. The molecule has 0 radical (unpaired) electrons. The first-order chi connectivity index (χ1) is 16.5. The molecule has 0 saturated heterocycles. The van der Waals surface area contributed by atoms with Crippen LogP contribution in [0.15, 0.2) is 35.2 Å². The Morgan fingerprint density at radius 2 is 1.86 bits per heavy atom. The van der Waals surface area contributed by atoms with Crippen LogP contribution in [0.2, 0.25) is 5.02 Å². The normalized spacial score (nSPS) is 24.2. The average Bonchev–Trinajstić information content (AvgIpc) is 2.98. The molecule has 1 fully saturated rings. The molecule has 190 valence electrons. The van der Waals surface area contributed by atoms with Crippen molar-refractivity contribution in [2.45, 2.75) is 49.4 Å². The van der Waals surface area contributed by atoms with Crippen LogP contribution in [-0.4, -0.2) is 47.8 Å². The van der Waals surface area contributed by atoms with Crippen molar-refractivity contribution in [1.82, 2.24) is 4.90 Å². The highest BCUT2D eigenvalue weighted by atomic mass is 35.5. The van der Waals surface area contributed by atoms with Crippen molar-refractivity contribution in [3.63, 3.8) is 0 Å². The molecular weight excluding hydrogens is 504 g/mol. The summed E-state index contributed by atoms with van der Waals surface area (Å²) >= 11 is 7.27. The minimum absolute atomic E-state index is 0.0446. The molecule has 2 aromatic rings. The highest BCUT2D eigenvalue weighted by Gasteiger charge is 2.58. The molecule has 10 heteroatoms. The van der Waals surface area contributed by atoms with Gasteiger partial charge in [0.1, 0.15) is 5.82 Å². The van der Waals surface area contributed by atoms with Gasteiger partial charge in [-0.1, -0.05) is 31.5 Å². The van der Waals surface area contributed by atoms with Gasteiger partial charge >= 0.3 is 6.18 Å². The molecule has 1 amide bonds. The molecule has 0 bridgehead atoms. The lowest BCUT2D eigenvalue weighted by Crippen LogP contribution is -2.50. The van der Waals surface area contributed by atoms with E-state index in [2.05, 4.69) is 18.7 Å². The number of halogens is 5. The zero-order valence-electron chi connectivity index (χ0n) is 19.6. The highest BCUT2D eigenvalue weighted by molar-refractivity contribution is 7.98. The number of nitrogens with zero attached hydrogens (tertiary/aromatic N) is 2. The van der Waals surface area contributed by atoms with Gasteiger partial charge in [-0.3, -0.25) is 4.79 Å². The van der Waals surface area contributed by atoms with Crippen molar-refractivity contribution in [2.24, 2.45) is 5.92 Å². The molecule has 2 aliphatic rings. The largest absolute Gasteiger partial charge is 0.416 e. The summed E-state index contributed by atoms with van der Waals surface area (Å²) in [6, 6.07) is 6.18. The van der Waals surface area contributed by atoms with Crippen molar-refractivity contribution in [3.8, 4) is 0 Å². The molecule has 35 heavy (non-hydrogen) atoms. The van der Waals surface area contributed by atoms with Crippen LogP contribution in [0.3, 0.4) is 0 Å². The van der Waals surface area contributed by atoms with Crippen LogP contribution >= 0.6 is 23.4 Å². The van der Waals surface area contributed by atoms with Crippen LogP contribution in [-0.2, 0) is 16.6 Å². The summed E-state index contributed by atoms with van der Waals surface area (Å²) < 4.78 is 57.7. The Morgan fingerprint density at radius 1 is 1.20 bits per heavy atom. The second kappa shape index (κ2) is 9.57. The molecule has 1 aliphatic heterocycles. The number of carbonyl (C=O) groups is 1. The smallest absolute Gasteiger partial charge is 0.372 e. The Labute approximate surface area is 211 Å². The second-order valence-electron chi connectivity index (χ2n) is 9.00. The zero-order chi connectivity index (χ0) is 25.7. The van der Waals surface area contributed by atoms with Crippen molar-refractivity contribution < 1.29 is 27.5 Å². The number of benzene rings is 2. The molecule has 1 atom stereocenters. The van der Waals surface area contributed by atoms with Crippen LogP contribution in [0, 0.1) is 11.7 Å². The minimum Gasteiger partial charge on any atom is -0.372 e. The Kier molecular flexibility index (Phi) is 7.18. The van der Waals surface area contributed by atoms with Gasteiger partial charge in [0.15, 0.2) is 0 Å². The quantitative estimate of drug-likeness (QED) is 0.356. The SMILES string of the molecule is CCN(CC)C1CC(CN2C(=O)C(O)(c3c(F)cccc3Cl)c3c2cc(SC)cc3C(F)(F)F)C1. The Morgan fingerprint density at radius 3 is 2.40 bits per heavy atom. The number of hydrogen-bond donors (Lipinski definition) is 1. The number of amides is 1. The summed E-state index contributed by atoms with van der Waals surface area (Å²) in [5.41, 5.74) is -5.46. The number of fused-ring (bicyclic) bond motifs is 1. The van der Waals surface area contributed by atoms with Gasteiger partial charge < -0.3 is 14.9 Å². The van der Waals surface area contributed by atoms with E-state index in [9.17, 15) is 27.5 Å². The molecule has 4 rings (SSSR count). The standard InChI is InChI=1S/C25H27ClF4N2O2S/c1-4-31(5-2)15-9-14(10-15)13-32-20-12-16(35-3)11-17(25(28,29)30)21(20)24(34,23(32)33)22-18(26)7-6-8-19(22)27/h6-8,11-12,14-15,34H,4-5,9-10,13H2,1-3H3. The summed E-state index contributed by atoms with van der Waals surface area (Å²) in [5.74, 6) is -2.02. The summed E-state index contributed by atoms with van der Waals surface area (Å²) in [5, 5.41) is 11.4. The first-order valence-electron chi connectivity index (χ1n) is 11.5. The van der Waals surface area contributed by atoms with Crippen molar-refractivity contribution in [2.75, 3.05) is 30.8 Å². The van der Waals surface area contributed by atoms with E-state index in [-0.39, 0.29) is 28.1 Å². The summed E-state index contributed by atoms with van der Waals surface area (Å²) in [6.45, 7) is 6.04. The van der Waals surface area contributed by atoms with Gasteiger partial charge in [-0.05, 0) is 62.4 Å². The average molecular weight is 531 g/mol. The predicted molar refractivity (Wildman–Crippen MR) is 129 cm³/mol. The van der Waals surface area contributed by atoms with Gasteiger partial charge in [-0.25, -0.2) is 4.39 Å². The van der Waals surface area contributed by atoms with E-state index < -0.39 is 40.2 Å². The Balaban J connectivity index is 1.85. The highest BCUT2D eigenvalue weighted by Crippen LogP contribution is 2.53. The first kappa shape index (κ1) is 26.3. The van der Waals surface area contributed by atoms with E-state index >= 15 is 0 Å². The first-order valence-corrected chi connectivity index (χ1v) is 13.1. The number of carbonyl (C=O) groups excluding carboxylic acids is 1. The van der Waals surface area contributed by atoms with Crippen LogP contribution < -0.4 is 4.90 Å². The third-order valence-electron chi connectivity index (χ3n) is 7.14. The Bertz CT molecular complexity index is 1110. The number of aliphatic hydroxyl groups is 1. The van der Waals surface area contributed by atoms with Gasteiger partial charge in [0.2, 0.25) is 5.60 Å². The van der Waals surface area contributed by atoms with Gasteiger partial charge in [0, 0.05) is 23.0 Å². The number of hydrogen-bond acceptors (Lipinski definition) is 4. The topological polar surface area (TPSA) is 43.8 Å². The molecule has 1 heterocycles. The molecule has 4 nitrogen and oxygen atoms in total. The molecule has 1 N–H and O–H groups in total.